The van der Waals surface area contributed by atoms with Crippen LogP contribution in [0.25, 0.3) is 0 Å². The molecule has 7 nitrogen and oxygen atoms in total. The van der Waals surface area contributed by atoms with Gasteiger partial charge in [-0.25, -0.2) is 4.79 Å². The Hall–Kier alpha value is -2.70. The highest BCUT2D eigenvalue weighted by Gasteiger charge is 2.38. The number of non-ortho nitro benzene ring substituents is 1. The lowest BCUT2D eigenvalue weighted by atomic mass is 9.93. The molecule has 1 saturated carbocycles. The normalized spacial score (nSPS) is 21.5. The Morgan fingerprint density at radius 2 is 1.92 bits per heavy atom. The molecule has 1 unspecified atom stereocenters. The summed E-state index contributed by atoms with van der Waals surface area (Å²) in [7, 11) is 0. The van der Waals surface area contributed by atoms with E-state index < -0.39 is 11.2 Å². The molecule has 1 aromatic carbocycles. The van der Waals surface area contributed by atoms with Crippen LogP contribution in [0.2, 0.25) is 0 Å². The maximum absolute atomic E-state index is 12.7. The van der Waals surface area contributed by atoms with Crippen molar-refractivity contribution in [3.8, 4) is 0 Å². The number of hydrogen-bond donors (Lipinski definition) is 0. The second-order valence-electron chi connectivity index (χ2n) is 6.50. The van der Waals surface area contributed by atoms with Gasteiger partial charge in [-0.3, -0.25) is 15.0 Å². The quantitative estimate of drug-likeness (QED) is 0.601. The van der Waals surface area contributed by atoms with Crippen LogP contribution in [0.5, 0.6) is 0 Å². The Morgan fingerprint density at radius 3 is 2.48 bits per heavy atom. The number of benzene rings is 1. The van der Waals surface area contributed by atoms with Gasteiger partial charge in [0.05, 0.1) is 4.92 Å². The molecule has 1 heterocycles. The van der Waals surface area contributed by atoms with E-state index in [0.29, 0.717) is 11.1 Å². The summed E-state index contributed by atoms with van der Waals surface area (Å²) >= 11 is 0. The van der Waals surface area contributed by atoms with Gasteiger partial charge in [0.1, 0.15) is 0 Å². The number of carbonyl (C=O) groups is 1. The number of urea groups is 1. The van der Waals surface area contributed by atoms with Gasteiger partial charge in [0.15, 0.2) is 0 Å². The SMILES string of the molecule is C=C(C)C1=NC(=O)N(C2CCCCC2)C(c2ccc([N+](=O)[O-])cc2)O1. The van der Waals surface area contributed by atoms with Crippen LogP contribution in [0.15, 0.2) is 41.4 Å². The topological polar surface area (TPSA) is 85.0 Å². The highest BCUT2D eigenvalue weighted by atomic mass is 16.6. The van der Waals surface area contributed by atoms with E-state index in [1.165, 1.54) is 18.6 Å². The Bertz CT molecular complexity index is 720. The van der Waals surface area contributed by atoms with Crippen molar-refractivity contribution in [1.82, 2.24) is 4.90 Å². The average molecular weight is 343 g/mol. The van der Waals surface area contributed by atoms with Gasteiger partial charge in [-0.1, -0.05) is 25.8 Å². The van der Waals surface area contributed by atoms with Gasteiger partial charge in [-0.15, -0.1) is 0 Å². The summed E-state index contributed by atoms with van der Waals surface area (Å²) < 4.78 is 5.96. The van der Waals surface area contributed by atoms with Crippen LogP contribution in [0.3, 0.4) is 0 Å². The molecule has 1 aliphatic carbocycles. The Balaban J connectivity index is 1.96. The summed E-state index contributed by atoms with van der Waals surface area (Å²) in [5.74, 6) is 0.223. The number of nitro benzene ring substituents is 1. The molecule has 3 rings (SSSR count). The fourth-order valence-corrected chi connectivity index (χ4v) is 3.33. The molecule has 0 spiro atoms. The van der Waals surface area contributed by atoms with Crippen LogP contribution in [0, 0.1) is 10.1 Å². The number of hydrogen-bond acceptors (Lipinski definition) is 4. The maximum Gasteiger partial charge on any atom is 0.350 e. The molecule has 1 fully saturated rings. The van der Waals surface area contributed by atoms with Gasteiger partial charge in [0.2, 0.25) is 12.1 Å². The summed E-state index contributed by atoms with van der Waals surface area (Å²) in [6.45, 7) is 5.53. The van der Waals surface area contributed by atoms with Crippen molar-refractivity contribution in [3.05, 3.63) is 52.1 Å². The minimum Gasteiger partial charge on any atom is -0.449 e. The molecule has 1 aliphatic heterocycles. The van der Waals surface area contributed by atoms with Crippen molar-refractivity contribution in [1.29, 1.82) is 0 Å². The third kappa shape index (κ3) is 3.55. The van der Waals surface area contributed by atoms with Crippen LogP contribution in [0.1, 0.15) is 50.8 Å². The minimum absolute atomic E-state index is 0.00361. The lowest BCUT2D eigenvalue weighted by Gasteiger charge is -2.41. The molecule has 0 saturated heterocycles. The molecule has 1 aromatic rings. The van der Waals surface area contributed by atoms with Gasteiger partial charge in [0, 0.05) is 29.3 Å². The molecule has 0 aromatic heterocycles. The van der Waals surface area contributed by atoms with Gasteiger partial charge in [-0.2, -0.15) is 4.99 Å². The lowest BCUT2D eigenvalue weighted by molar-refractivity contribution is -0.384. The molecule has 7 heteroatoms. The van der Waals surface area contributed by atoms with Crippen molar-refractivity contribution < 1.29 is 14.5 Å². The molecule has 25 heavy (non-hydrogen) atoms. The monoisotopic (exact) mass is 343 g/mol. The fourth-order valence-electron chi connectivity index (χ4n) is 3.33. The molecular weight excluding hydrogens is 322 g/mol. The van der Waals surface area contributed by atoms with Crippen molar-refractivity contribution >= 4 is 17.6 Å². The second kappa shape index (κ2) is 7.04. The zero-order valence-corrected chi connectivity index (χ0v) is 14.2. The molecule has 0 bridgehead atoms. The largest absolute Gasteiger partial charge is 0.449 e. The Morgan fingerprint density at radius 1 is 1.28 bits per heavy atom. The minimum atomic E-state index is -0.638. The zero-order valence-electron chi connectivity index (χ0n) is 14.2. The van der Waals surface area contributed by atoms with Crippen molar-refractivity contribution in [2.75, 3.05) is 0 Å². The fraction of sp³-hybridized carbons (Fsp3) is 0.444. The van der Waals surface area contributed by atoms with E-state index in [1.54, 1.807) is 24.0 Å². The van der Waals surface area contributed by atoms with Crippen LogP contribution >= 0.6 is 0 Å². The van der Waals surface area contributed by atoms with Gasteiger partial charge >= 0.3 is 6.03 Å². The number of aliphatic imine (C=N–C) groups is 1. The highest BCUT2D eigenvalue weighted by Crippen LogP contribution is 2.35. The van der Waals surface area contributed by atoms with E-state index in [0.717, 1.165) is 25.7 Å². The van der Waals surface area contributed by atoms with E-state index in [-0.39, 0.29) is 23.7 Å². The standard InChI is InChI=1S/C18H21N3O4/c1-12(2)16-19-18(22)20(14-6-4-3-5-7-14)17(25-16)13-8-10-15(11-9-13)21(23)24/h8-11,14,17H,1,3-7H2,2H3. The predicted octanol–water partition coefficient (Wildman–Crippen LogP) is 4.35. The van der Waals surface area contributed by atoms with Crippen molar-refractivity contribution in [2.45, 2.75) is 51.3 Å². The maximum atomic E-state index is 12.7. The third-order valence-corrected chi connectivity index (χ3v) is 4.62. The summed E-state index contributed by atoms with van der Waals surface area (Å²) in [6, 6.07) is 5.85. The molecular formula is C18H21N3O4. The second-order valence-corrected chi connectivity index (χ2v) is 6.50. The lowest BCUT2D eigenvalue weighted by Crippen LogP contribution is -2.47. The summed E-state index contributed by atoms with van der Waals surface area (Å²) in [5, 5.41) is 10.9. The zero-order chi connectivity index (χ0) is 18.0. The molecule has 0 N–H and O–H groups in total. The van der Waals surface area contributed by atoms with E-state index >= 15 is 0 Å². The molecule has 2 aliphatic rings. The van der Waals surface area contributed by atoms with Gasteiger partial charge < -0.3 is 4.74 Å². The first kappa shape index (κ1) is 17.1. The Labute approximate surface area is 146 Å². The van der Waals surface area contributed by atoms with Crippen molar-refractivity contribution in [2.24, 2.45) is 4.99 Å². The van der Waals surface area contributed by atoms with E-state index in [1.807, 2.05) is 0 Å². The van der Waals surface area contributed by atoms with E-state index in [2.05, 4.69) is 11.6 Å². The molecule has 132 valence electrons. The summed E-state index contributed by atoms with van der Waals surface area (Å²) in [6.07, 6.45) is 4.49. The van der Waals surface area contributed by atoms with Gasteiger partial charge in [0.25, 0.3) is 5.69 Å². The third-order valence-electron chi connectivity index (χ3n) is 4.62. The highest BCUT2D eigenvalue weighted by molar-refractivity contribution is 6.01. The number of rotatable bonds is 4. The first-order chi connectivity index (χ1) is 12.0. The molecule has 2 amide bonds. The van der Waals surface area contributed by atoms with Crippen LogP contribution < -0.4 is 0 Å². The Kier molecular flexibility index (Phi) is 4.83. The number of carbonyl (C=O) groups excluding carboxylic acids is 1. The number of ether oxygens (including phenoxy) is 1. The average Bonchev–Trinajstić information content (AvgIpc) is 2.61. The summed E-state index contributed by atoms with van der Waals surface area (Å²) in [5.41, 5.74) is 1.27. The van der Waals surface area contributed by atoms with Crippen LogP contribution in [0.4, 0.5) is 10.5 Å². The first-order valence-electron chi connectivity index (χ1n) is 8.45. The van der Waals surface area contributed by atoms with E-state index in [9.17, 15) is 14.9 Å². The van der Waals surface area contributed by atoms with E-state index in [4.69, 9.17) is 4.74 Å². The van der Waals surface area contributed by atoms with Crippen LogP contribution in [-0.2, 0) is 4.74 Å². The van der Waals surface area contributed by atoms with Crippen molar-refractivity contribution in [3.63, 3.8) is 0 Å². The number of nitro groups is 1. The number of amides is 2. The summed E-state index contributed by atoms with van der Waals surface area (Å²) in [4.78, 5) is 28.8. The molecule has 1 atom stereocenters. The number of nitrogens with zero attached hydrogens (tertiary/aromatic N) is 3. The first-order valence-corrected chi connectivity index (χ1v) is 8.45. The van der Waals surface area contributed by atoms with Crippen LogP contribution in [-0.4, -0.2) is 27.8 Å². The molecule has 0 radical (unpaired) electrons. The predicted molar refractivity (Wildman–Crippen MR) is 93.3 cm³/mol. The smallest absolute Gasteiger partial charge is 0.350 e. The van der Waals surface area contributed by atoms with Gasteiger partial charge in [-0.05, 0) is 31.9 Å².